The molecule has 1 heterocycles. The number of carbonyl (C=O) groups is 2. The van der Waals surface area contributed by atoms with E-state index in [1.165, 1.54) is 35.2 Å². The third-order valence-electron chi connectivity index (χ3n) is 4.09. The van der Waals surface area contributed by atoms with Crippen molar-refractivity contribution < 1.29 is 18.4 Å². The Morgan fingerprint density at radius 1 is 1.21 bits per heavy atom. The maximum absolute atomic E-state index is 13.9. The van der Waals surface area contributed by atoms with Gasteiger partial charge in [0.05, 0.1) is 11.6 Å². The number of benzene rings is 2. The largest absolute Gasteiger partial charge is 0.326 e. The van der Waals surface area contributed by atoms with Gasteiger partial charge in [0, 0.05) is 18.7 Å². The lowest BCUT2D eigenvalue weighted by molar-refractivity contribution is -0.122. The molecule has 1 atom stereocenters. The van der Waals surface area contributed by atoms with E-state index < -0.39 is 11.7 Å². The van der Waals surface area contributed by atoms with Crippen molar-refractivity contribution in [3.63, 3.8) is 0 Å². The van der Waals surface area contributed by atoms with Gasteiger partial charge in [0.25, 0.3) is 0 Å². The first-order chi connectivity index (χ1) is 11.5. The molecule has 3 rings (SSSR count). The van der Waals surface area contributed by atoms with Crippen LogP contribution in [0.5, 0.6) is 0 Å². The third-order valence-corrected chi connectivity index (χ3v) is 4.09. The normalized spacial score (nSPS) is 17.2. The molecule has 4 nitrogen and oxygen atoms in total. The molecule has 1 aliphatic rings. The van der Waals surface area contributed by atoms with Gasteiger partial charge < -0.3 is 10.2 Å². The number of hydrogen-bond acceptors (Lipinski definition) is 2. The SMILES string of the molecule is Cc1cc(F)ccc1NC(=O)[C@@H]1CC(=O)N(c2ccccc2F)C1. The molecule has 0 bridgehead atoms. The van der Waals surface area contributed by atoms with Gasteiger partial charge in [0.15, 0.2) is 0 Å². The fourth-order valence-electron chi connectivity index (χ4n) is 2.79. The van der Waals surface area contributed by atoms with Crippen LogP contribution in [0.3, 0.4) is 0 Å². The van der Waals surface area contributed by atoms with Crippen molar-refractivity contribution in [2.24, 2.45) is 5.92 Å². The highest BCUT2D eigenvalue weighted by atomic mass is 19.1. The van der Waals surface area contributed by atoms with Crippen molar-refractivity contribution in [2.45, 2.75) is 13.3 Å². The number of anilines is 2. The molecule has 0 aromatic heterocycles. The van der Waals surface area contributed by atoms with Crippen LogP contribution in [0, 0.1) is 24.5 Å². The van der Waals surface area contributed by atoms with Crippen molar-refractivity contribution in [3.8, 4) is 0 Å². The lowest BCUT2D eigenvalue weighted by atomic mass is 10.1. The first-order valence-corrected chi connectivity index (χ1v) is 7.57. The van der Waals surface area contributed by atoms with Gasteiger partial charge in [-0.2, -0.15) is 0 Å². The molecule has 2 amide bonds. The predicted octanol–water partition coefficient (Wildman–Crippen LogP) is 3.26. The van der Waals surface area contributed by atoms with Crippen LogP contribution in [0.2, 0.25) is 0 Å². The van der Waals surface area contributed by atoms with Crippen LogP contribution in [0.4, 0.5) is 20.2 Å². The van der Waals surface area contributed by atoms with Crippen molar-refractivity contribution in [3.05, 3.63) is 59.7 Å². The van der Waals surface area contributed by atoms with Gasteiger partial charge in [0.1, 0.15) is 11.6 Å². The Labute approximate surface area is 138 Å². The zero-order valence-corrected chi connectivity index (χ0v) is 13.1. The first kappa shape index (κ1) is 16.1. The van der Waals surface area contributed by atoms with Gasteiger partial charge in [-0.25, -0.2) is 8.78 Å². The average molecular weight is 330 g/mol. The number of halogens is 2. The molecule has 124 valence electrons. The fraction of sp³-hybridized carbons (Fsp3) is 0.222. The highest BCUT2D eigenvalue weighted by Gasteiger charge is 2.36. The van der Waals surface area contributed by atoms with Crippen molar-refractivity contribution in [2.75, 3.05) is 16.8 Å². The van der Waals surface area contributed by atoms with Crippen LogP contribution in [-0.2, 0) is 9.59 Å². The zero-order valence-electron chi connectivity index (χ0n) is 13.1. The summed E-state index contributed by atoms with van der Waals surface area (Å²) in [5, 5.41) is 2.71. The standard InChI is InChI=1S/C18H16F2N2O2/c1-11-8-13(19)6-7-15(11)21-18(24)12-9-17(23)22(10-12)16-5-3-2-4-14(16)20/h2-8,12H,9-10H2,1H3,(H,21,24)/t12-/m1/s1. The molecule has 1 aliphatic heterocycles. The molecule has 2 aromatic rings. The Morgan fingerprint density at radius 2 is 1.96 bits per heavy atom. The van der Waals surface area contributed by atoms with Gasteiger partial charge >= 0.3 is 0 Å². The van der Waals surface area contributed by atoms with Gasteiger partial charge in [-0.15, -0.1) is 0 Å². The van der Waals surface area contributed by atoms with Crippen LogP contribution in [0.1, 0.15) is 12.0 Å². The average Bonchev–Trinajstić information content (AvgIpc) is 2.92. The maximum atomic E-state index is 13.9. The molecule has 1 N–H and O–H groups in total. The van der Waals surface area contributed by atoms with E-state index in [-0.39, 0.29) is 36.3 Å². The van der Waals surface area contributed by atoms with Crippen LogP contribution >= 0.6 is 0 Å². The Balaban J connectivity index is 1.73. The minimum Gasteiger partial charge on any atom is -0.326 e. The Bertz CT molecular complexity index is 807. The molecule has 6 heteroatoms. The van der Waals surface area contributed by atoms with Crippen LogP contribution in [0.25, 0.3) is 0 Å². The maximum Gasteiger partial charge on any atom is 0.229 e. The second-order valence-corrected chi connectivity index (χ2v) is 5.81. The molecule has 0 unspecified atom stereocenters. The number of para-hydroxylation sites is 1. The lowest BCUT2D eigenvalue weighted by Crippen LogP contribution is -2.28. The minimum absolute atomic E-state index is 0.0143. The predicted molar refractivity (Wildman–Crippen MR) is 86.6 cm³/mol. The van der Waals surface area contributed by atoms with E-state index in [0.29, 0.717) is 11.3 Å². The van der Waals surface area contributed by atoms with E-state index >= 15 is 0 Å². The molecule has 1 fully saturated rings. The Morgan fingerprint density at radius 3 is 2.67 bits per heavy atom. The molecule has 0 spiro atoms. The summed E-state index contributed by atoms with van der Waals surface area (Å²) < 4.78 is 27.0. The summed E-state index contributed by atoms with van der Waals surface area (Å²) >= 11 is 0. The highest BCUT2D eigenvalue weighted by Crippen LogP contribution is 2.28. The minimum atomic E-state index is -0.582. The first-order valence-electron chi connectivity index (χ1n) is 7.57. The molecule has 2 aromatic carbocycles. The molecule has 0 radical (unpaired) electrons. The van der Waals surface area contributed by atoms with E-state index in [2.05, 4.69) is 5.32 Å². The summed E-state index contributed by atoms with van der Waals surface area (Å²) in [5.74, 6) is -2.09. The molecule has 0 saturated carbocycles. The van der Waals surface area contributed by atoms with Gasteiger partial charge in [0.2, 0.25) is 11.8 Å². The molecule has 0 aliphatic carbocycles. The fourth-order valence-corrected chi connectivity index (χ4v) is 2.79. The number of hydrogen-bond donors (Lipinski definition) is 1. The lowest BCUT2D eigenvalue weighted by Gasteiger charge is -2.17. The number of aryl methyl sites for hydroxylation is 1. The zero-order chi connectivity index (χ0) is 17.3. The molecule has 24 heavy (non-hydrogen) atoms. The summed E-state index contributed by atoms with van der Waals surface area (Å²) in [7, 11) is 0. The monoisotopic (exact) mass is 330 g/mol. The van der Waals surface area contributed by atoms with Gasteiger partial charge in [-0.1, -0.05) is 12.1 Å². The third kappa shape index (κ3) is 3.13. The number of nitrogens with one attached hydrogen (secondary N) is 1. The van der Waals surface area contributed by atoms with E-state index in [1.807, 2.05) is 0 Å². The van der Waals surface area contributed by atoms with Crippen LogP contribution in [-0.4, -0.2) is 18.4 Å². The Hall–Kier alpha value is -2.76. The molecular formula is C18H16F2N2O2. The summed E-state index contributed by atoms with van der Waals surface area (Å²) in [6.07, 6.45) is 0.0143. The smallest absolute Gasteiger partial charge is 0.229 e. The van der Waals surface area contributed by atoms with Crippen LogP contribution in [0.15, 0.2) is 42.5 Å². The second-order valence-electron chi connectivity index (χ2n) is 5.81. The number of rotatable bonds is 3. The number of nitrogens with zero attached hydrogens (tertiary/aromatic N) is 1. The quantitative estimate of drug-likeness (QED) is 0.939. The van der Waals surface area contributed by atoms with Gasteiger partial charge in [-0.05, 0) is 42.8 Å². The van der Waals surface area contributed by atoms with E-state index in [0.717, 1.165) is 0 Å². The van der Waals surface area contributed by atoms with Crippen molar-refractivity contribution in [1.82, 2.24) is 0 Å². The topological polar surface area (TPSA) is 49.4 Å². The van der Waals surface area contributed by atoms with E-state index in [9.17, 15) is 18.4 Å². The summed E-state index contributed by atoms with van der Waals surface area (Å²) in [6.45, 7) is 1.80. The Kier molecular flexibility index (Phi) is 4.29. The number of carbonyl (C=O) groups excluding carboxylic acids is 2. The summed E-state index contributed by atoms with van der Waals surface area (Å²) in [5.41, 5.74) is 1.27. The van der Waals surface area contributed by atoms with E-state index in [4.69, 9.17) is 0 Å². The van der Waals surface area contributed by atoms with Crippen molar-refractivity contribution in [1.29, 1.82) is 0 Å². The second kappa shape index (κ2) is 6.39. The molecular weight excluding hydrogens is 314 g/mol. The highest BCUT2D eigenvalue weighted by molar-refractivity contribution is 6.03. The summed E-state index contributed by atoms with van der Waals surface area (Å²) in [6, 6.07) is 10.0. The van der Waals surface area contributed by atoms with Crippen LogP contribution < -0.4 is 10.2 Å². The van der Waals surface area contributed by atoms with E-state index in [1.54, 1.807) is 19.1 Å². The van der Waals surface area contributed by atoms with Crippen molar-refractivity contribution >= 4 is 23.2 Å². The van der Waals surface area contributed by atoms with Gasteiger partial charge in [-0.3, -0.25) is 9.59 Å². The molecule has 1 saturated heterocycles. The summed E-state index contributed by atoms with van der Waals surface area (Å²) in [4.78, 5) is 25.8. The number of amides is 2.